The van der Waals surface area contributed by atoms with Crippen LogP contribution in [-0.2, 0) is 19.0 Å². The second kappa shape index (κ2) is 21.3. The number of ether oxygens (including phenoxy) is 3. The third-order valence-corrected chi connectivity index (χ3v) is 9.26. The van der Waals surface area contributed by atoms with Gasteiger partial charge in [-0.25, -0.2) is 0 Å². The maximum Gasteiger partial charge on any atom is 0.311 e. The van der Waals surface area contributed by atoms with Crippen LogP contribution in [0.5, 0.6) is 0 Å². The Labute approximate surface area is 281 Å². The predicted molar refractivity (Wildman–Crippen MR) is 188 cm³/mol. The zero-order chi connectivity index (χ0) is 35.0. The van der Waals surface area contributed by atoms with Gasteiger partial charge in [0.2, 0.25) is 0 Å². The number of hydrogen-bond acceptors (Lipinski definition) is 7. The molecule has 0 aromatic rings. The minimum atomic E-state index is -0.453. The van der Waals surface area contributed by atoms with Crippen molar-refractivity contribution in [3.8, 4) is 0 Å². The Hall–Kier alpha value is -1.77. The smallest absolute Gasteiger partial charge is 0.311 e. The van der Waals surface area contributed by atoms with Crippen LogP contribution in [0.15, 0.2) is 48.6 Å². The van der Waals surface area contributed by atoms with Gasteiger partial charge in [0.15, 0.2) is 0 Å². The monoisotopic (exact) mass is 648 g/mol. The fourth-order valence-corrected chi connectivity index (χ4v) is 5.64. The molecule has 2 rings (SSSR count). The molecule has 0 unspecified atom stereocenters. The first kappa shape index (κ1) is 42.3. The molecule has 7 nitrogen and oxygen atoms in total. The van der Waals surface area contributed by atoms with Gasteiger partial charge in [-0.15, -0.1) is 0 Å². The summed E-state index contributed by atoms with van der Waals surface area (Å²) < 4.78 is 17.3. The van der Waals surface area contributed by atoms with Crippen LogP contribution in [0.4, 0.5) is 0 Å². The van der Waals surface area contributed by atoms with Crippen LogP contribution in [0.25, 0.3) is 0 Å². The van der Waals surface area contributed by atoms with E-state index in [2.05, 4.69) is 40.2 Å². The second-order valence-corrected chi connectivity index (χ2v) is 15.0. The quantitative estimate of drug-likeness (QED) is 0.0740. The molecule has 0 aromatic heterocycles. The van der Waals surface area contributed by atoms with Crippen molar-refractivity contribution < 1.29 is 34.3 Å². The van der Waals surface area contributed by atoms with Crippen molar-refractivity contribution >= 4 is 5.97 Å². The third-order valence-electron chi connectivity index (χ3n) is 9.26. The predicted octanol–water partition coefficient (Wildman–Crippen LogP) is 8.03. The van der Waals surface area contributed by atoms with Gasteiger partial charge < -0.3 is 29.5 Å². The van der Waals surface area contributed by atoms with Gasteiger partial charge >= 0.3 is 5.97 Å². The topological polar surface area (TPSA) is 105 Å². The van der Waals surface area contributed by atoms with Gasteiger partial charge in [-0.3, -0.25) is 4.79 Å². The van der Waals surface area contributed by atoms with Crippen molar-refractivity contribution in [3.63, 3.8) is 0 Å². The number of rotatable bonds is 19. The first-order valence-corrected chi connectivity index (χ1v) is 17.6. The van der Waals surface area contributed by atoms with Gasteiger partial charge in [0, 0.05) is 6.61 Å². The van der Waals surface area contributed by atoms with E-state index in [1.807, 2.05) is 34.6 Å². The average molecular weight is 649 g/mol. The standard InChI is InChI=1S/C22H38O4.C17H30O3/c1-15(2)16(3)13-18(23)10-11-20-17(4)14-19(26-20)9-8-12-25-21(24)22(5,6)7;1-12(2)13(3)10-15(19)7-8-17-14(4)11-16(20-17)6-5-9-18/h16,18-20,23H,1,4,8-14H2,2-3,5-7H3;13,15-19H,1,4-11H2,2-3H3/t16-,18-,19+,20+;13-,15-,16+,17+/m11/s1. The summed E-state index contributed by atoms with van der Waals surface area (Å²) in [7, 11) is 0. The number of carbonyl (C=O) groups is 1. The van der Waals surface area contributed by atoms with Gasteiger partial charge in [0.1, 0.15) is 0 Å². The normalized spacial score (nSPS) is 24.1. The lowest BCUT2D eigenvalue weighted by Crippen LogP contribution is -2.23. The molecule has 266 valence electrons. The van der Waals surface area contributed by atoms with Gasteiger partial charge in [-0.2, -0.15) is 0 Å². The van der Waals surface area contributed by atoms with E-state index < -0.39 is 5.41 Å². The van der Waals surface area contributed by atoms with E-state index in [9.17, 15) is 15.0 Å². The van der Waals surface area contributed by atoms with Crippen LogP contribution in [-0.4, -0.2) is 71.1 Å². The van der Waals surface area contributed by atoms with Gasteiger partial charge in [-0.1, -0.05) is 51.3 Å². The highest BCUT2D eigenvalue weighted by atomic mass is 16.5. The van der Waals surface area contributed by atoms with Gasteiger partial charge in [0.25, 0.3) is 0 Å². The highest BCUT2D eigenvalue weighted by molar-refractivity contribution is 5.75. The minimum Gasteiger partial charge on any atom is -0.465 e. The van der Waals surface area contributed by atoms with Crippen LogP contribution in [0.1, 0.15) is 126 Å². The first-order chi connectivity index (χ1) is 21.4. The van der Waals surface area contributed by atoms with Crippen LogP contribution < -0.4 is 0 Å². The molecule has 0 bridgehead atoms. The highest BCUT2D eigenvalue weighted by Crippen LogP contribution is 2.32. The van der Waals surface area contributed by atoms with Crippen molar-refractivity contribution in [2.24, 2.45) is 17.3 Å². The summed E-state index contributed by atoms with van der Waals surface area (Å²) in [6.45, 7) is 30.5. The first-order valence-electron chi connectivity index (χ1n) is 17.6. The molecule has 0 aromatic carbocycles. The molecule has 2 aliphatic rings. The molecule has 2 heterocycles. The number of esters is 1. The summed E-state index contributed by atoms with van der Waals surface area (Å²) >= 11 is 0. The summed E-state index contributed by atoms with van der Waals surface area (Å²) in [6.07, 6.45) is 9.53. The lowest BCUT2D eigenvalue weighted by atomic mass is 9.93. The molecular formula is C39H68O7. The SMILES string of the molecule is C=C(C)[C@H](C)C[C@H](O)CC[C@@H]1O[C@@H](CCCO)CC1=C.C=C(C)[C@H](C)C[C@H](O)CC[C@@H]1O[C@@H](CCCOC(=O)C(C)(C)C)CC1=C. The van der Waals surface area contributed by atoms with Crippen molar-refractivity contribution in [1.29, 1.82) is 0 Å². The van der Waals surface area contributed by atoms with Crippen molar-refractivity contribution in [2.45, 2.75) is 162 Å². The van der Waals surface area contributed by atoms with Crippen LogP contribution in [0.2, 0.25) is 0 Å². The zero-order valence-corrected chi connectivity index (χ0v) is 30.3. The minimum absolute atomic E-state index is 0.0342. The molecule has 2 fully saturated rings. The van der Waals surface area contributed by atoms with Gasteiger partial charge in [-0.05, 0) is 135 Å². The van der Waals surface area contributed by atoms with E-state index in [4.69, 9.17) is 19.3 Å². The highest BCUT2D eigenvalue weighted by Gasteiger charge is 2.30. The zero-order valence-electron chi connectivity index (χ0n) is 30.3. The summed E-state index contributed by atoms with van der Waals surface area (Å²) in [5, 5.41) is 29.1. The fourth-order valence-electron chi connectivity index (χ4n) is 5.64. The van der Waals surface area contributed by atoms with E-state index >= 15 is 0 Å². The molecule has 2 aliphatic heterocycles. The number of allylic oxidation sites excluding steroid dienone is 2. The Morgan fingerprint density at radius 2 is 1.24 bits per heavy atom. The maximum absolute atomic E-state index is 11.7. The Morgan fingerprint density at radius 3 is 1.61 bits per heavy atom. The number of hydrogen-bond donors (Lipinski definition) is 3. The molecule has 8 atom stereocenters. The van der Waals surface area contributed by atoms with Crippen LogP contribution in [0.3, 0.4) is 0 Å². The lowest BCUT2D eigenvalue weighted by molar-refractivity contribution is -0.153. The Bertz CT molecular complexity index is 964. The van der Waals surface area contributed by atoms with Crippen molar-refractivity contribution in [3.05, 3.63) is 48.6 Å². The summed E-state index contributed by atoms with van der Waals surface area (Å²) in [4.78, 5) is 11.7. The van der Waals surface area contributed by atoms with Crippen LogP contribution in [0, 0.1) is 17.3 Å². The molecule has 0 aliphatic carbocycles. The fraction of sp³-hybridized carbons (Fsp3) is 0.769. The van der Waals surface area contributed by atoms with Crippen LogP contribution >= 0.6 is 0 Å². The second-order valence-electron chi connectivity index (χ2n) is 15.0. The number of carbonyl (C=O) groups excluding carboxylic acids is 1. The van der Waals surface area contributed by atoms with E-state index in [-0.39, 0.29) is 49.2 Å². The Morgan fingerprint density at radius 1 is 0.826 bits per heavy atom. The van der Waals surface area contributed by atoms with E-state index in [1.165, 1.54) is 0 Å². The van der Waals surface area contributed by atoms with Gasteiger partial charge in [0.05, 0.1) is 48.6 Å². The Kier molecular flexibility index (Phi) is 19.5. The maximum atomic E-state index is 11.7. The molecule has 46 heavy (non-hydrogen) atoms. The van der Waals surface area contributed by atoms with E-state index in [0.29, 0.717) is 18.4 Å². The van der Waals surface area contributed by atoms with Crippen molar-refractivity contribution in [1.82, 2.24) is 0 Å². The molecule has 3 N–H and O–H groups in total. The number of aliphatic hydroxyl groups is 3. The third kappa shape index (κ3) is 16.9. The average Bonchev–Trinajstić information content (AvgIpc) is 3.51. The van der Waals surface area contributed by atoms with E-state index in [0.717, 1.165) is 99.3 Å². The molecule has 0 spiro atoms. The molecular weight excluding hydrogens is 580 g/mol. The molecule has 0 radical (unpaired) electrons. The van der Waals surface area contributed by atoms with Crippen molar-refractivity contribution in [2.75, 3.05) is 13.2 Å². The molecule has 7 heteroatoms. The Balaban J connectivity index is 0.000000476. The number of aliphatic hydroxyl groups excluding tert-OH is 3. The lowest BCUT2D eigenvalue weighted by Gasteiger charge is -2.19. The largest absolute Gasteiger partial charge is 0.465 e. The molecule has 0 saturated carbocycles. The molecule has 0 amide bonds. The summed E-state index contributed by atoms with van der Waals surface area (Å²) in [5.74, 6) is 0.529. The molecule has 2 saturated heterocycles. The van der Waals surface area contributed by atoms with E-state index in [1.54, 1.807) is 0 Å². The summed E-state index contributed by atoms with van der Waals surface area (Å²) in [6, 6.07) is 0. The summed E-state index contributed by atoms with van der Waals surface area (Å²) in [5.41, 5.74) is 4.02.